The van der Waals surface area contributed by atoms with Crippen molar-refractivity contribution in [3.63, 3.8) is 0 Å². The SMILES string of the molecule is NP1(=O)OP(=O)(O)OP(=O)(O)OP(=O)(O)OP(=O)(O)OP(=O)(O)O1. The van der Waals surface area contributed by atoms with Gasteiger partial charge in [0.05, 0.1) is 0 Å². The Morgan fingerprint density at radius 2 is 0.625 bits per heavy atom. The van der Waals surface area contributed by atoms with Gasteiger partial charge >= 0.3 is 46.9 Å². The highest BCUT2D eigenvalue weighted by atomic mass is 31.3. The number of nitrogens with two attached hydrogens (primary N) is 1. The Morgan fingerprint density at radius 1 is 0.458 bits per heavy atom. The molecule has 24 heteroatoms. The van der Waals surface area contributed by atoms with Gasteiger partial charge in [-0.25, -0.2) is 32.9 Å². The molecule has 4 unspecified atom stereocenters. The third-order valence-corrected chi connectivity index (χ3v) is 11.3. The lowest BCUT2D eigenvalue weighted by Gasteiger charge is -2.23. The molecule has 0 radical (unpaired) electrons. The Kier molecular flexibility index (Phi) is 6.51. The number of hydrogen-bond acceptors (Lipinski definition) is 12. The van der Waals surface area contributed by atoms with E-state index in [1.165, 1.54) is 0 Å². The highest BCUT2D eigenvalue weighted by Crippen LogP contribution is 2.78. The molecule has 0 aromatic carbocycles. The molecule has 1 saturated heterocycles. The minimum Gasteiger partial charge on any atom is -0.302 e. The molecular formula is H7NO17P6. The van der Waals surface area contributed by atoms with E-state index in [9.17, 15) is 27.4 Å². The summed E-state index contributed by atoms with van der Waals surface area (Å²) in [6, 6.07) is 0. The zero-order valence-corrected chi connectivity index (χ0v) is 15.8. The molecule has 24 heavy (non-hydrogen) atoms. The fourth-order valence-electron chi connectivity index (χ4n) is 0.899. The standard InChI is InChI=1S/H7NO17P6/c1-19(2)13-20(3,4)15-22(7,8)17-24(11,12)18-23(9,10)16-21(5,6)14-19/h(H2,1,2)(H,3,4)(H,5,6)(H,7,8)(H,9,10)(H,11,12). The zero-order valence-electron chi connectivity index (χ0n) is 10.4. The van der Waals surface area contributed by atoms with Gasteiger partial charge in [-0.3, -0.25) is 0 Å². The van der Waals surface area contributed by atoms with Crippen LogP contribution in [0.5, 0.6) is 0 Å². The molecule has 0 aliphatic carbocycles. The fraction of sp³-hybridized carbons (Fsp3) is 0. The highest BCUT2D eigenvalue weighted by molar-refractivity contribution is 7.75. The molecule has 1 aliphatic heterocycles. The second-order valence-electron chi connectivity index (χ2n) is 3.37. The molecule has 18 nitrogen and oxygen atoms in total. The molecule has 0 saturated carbocycles. The smallest absolute Gasteiger partial charge is 0.302 e. The van der Waals surface area contributed by atoms with Crippen LogP contribution in [0.1, 0.15) is 0 Å². The summed E-state index contributed by atoms with van der Waals surface area (Å²) >= 11 is 0. The van der Waals surface area contributed by atoms with Crippen molar-refractivity contribution in [2.45, 2.75) is 0 Å². The van der Waals surface area contributed by atoms with E-state index >= 15 is 0 Å². The van der Waals surface area contributed by atoms with E-state index < -0.39 is 46.9 Å². The average Bonchev–Trinajstić information content (AvgIpc) is 1.98. The summed E-state index contributed by atoms with van der Waals surface area (Å²) in [5.74, 6) is 0. The lowest BCUT2D eigenvalue weighted by molar-refractivity contribution is 0.179. The molecule has 1 heterocycles. The predicted molar refractivity (Wildman–Crippen MR) is 67.4 cm³/mol. The first-order valence-corrected chi connectivity index (χ1v) is 13.6. The fourth-order valence-corrected chi connectivity index (χ4v) is 9.70. The molecule has 0 aromatic heterocycles. The van der Waals surface area contributed by atoms with Gasteiger partial charge in [0.2, 0.25) is 0 Å². The molecule has 4 atom stereocenters. The molecular weight excluding hydrogens is 472 g/mol. The van der Waals surface area contributed by atoms with Crippen LogP contribution in [0.2, 0.25) is 0 Å². The van der Waals surface area contributed by atoms with E-state index in [2.05, 4.69) is 31.4 Å². The minimum absolute atomic E-state index is 3.32. The lowest BCUT2D eigenvalue weighted by Crippen LogP contribution is -2.06. The van der Waals surface area contributed by atoms with Crippen LogP contribution in [0.15, 0.2) is 0 Å². The Hall–Kier alpha value is 0.900. The first kappa shape index (κ1) is 22.9. The molecule has 0 amide bonds. The molecule has 0 bridgehead atoms. The predicted octanol–water partition coefficient (Wildman–Crippen LogP) is 0.668. The maximum absolute atomic E-state index is 11.4. The summed E-state index contributed by atoms with van der Waals surface area (Å²) in [6.07, 6.45) is 0. The molecule has 1 rings (SSSR count). The zero-order chi connectivity index (χ0) is 19.2. The van der Waals surface area contributed by atoms with Crippen LogP contribution in [-0.2, 0) is 53.3 Å². The average molecular weight is 479 g/mol. The van der Waals surface area contributed by atoms with E-state index in [4.69, 9.17) is 24.5 Å². The van der Waals surface area contributed by atoms with E-state index in [1.807, 2.05) is 0 Å². The second kappa shape index (κ2) is 6.81. The number of phosphoric acid groups is 5. The Morgan fingerprint density at radius 3 is 0.833 bits per heavy atom. The molecule has 1 aliphatic rings. The lowest BCUT2D eigenvalue weighted by atomic mass is 13.9. The normalized spacial score (nSPS) is 55.2. The maximum atomic E-state index is 11.4. The van der Waals surface area contributed by atoms with Crippen molar-refractivity contribution in [1.82, 2.24) is 0 Å². The van der Waals surface area contributed by atoms with Gasteiger partial charge in [0.15, 0.2) is 0 Å². The topological polar surface area (TPSA) is 285 Å². The van der Waals surface area contributed by atoms with Crippen molar-refractivity contribution in [1.29, 1.82) is 0 Å². The van der Waals surface area contributed by atoms with Crippen LogP contribution in [0.4, 0.5) is 0 Å². The quantitative estimate of drug-likeness (QED) is 0.260. The molecule has 0 aromatic rings. The molecule has 7 N–H and O–H groups in total. The summed E-state index contributed by atoms with van der Waals surface area (Å²) in [4.78, 5) is 44.9. The van der Waals surface area contributed by atoms with E-state index in [-0.39, 0.29) is 0 Å². The van der Waals surface area contributed by atoms with Crippen molar-refractivity contribution in [3.05, 3.63) is 0 Å². The summed E-state index contributed by atoms with van der Waals surface area (Å²) < 4.78 is 88.1. The summed E-state index contributed by atoms with van der Waals surface area (Å²) in [6.45, 7) is 0. The molecule has 144 valence electrons. The van der Waals surface area contributed by atoms with Crippen LogP contribution in [0.25, 0.3) is 0 Å². The number of hydrogen-bond donors (Lipinski definition) is 6. The van der Waals surface area contributed by atoms with Gasteiger partial charge in [-0.2, -0.15) is 25.9 Å². The van der Waals surface area contributed by atoms with Crippen LogP contribution >= 0.6 is 46.9 Å². The second-order valence-corrected chi connectivity index (χ2v) is 13.1. The van der Waals surface area contributed by atoms with Crippen LogP contribution < -0.4 is 5.50 Å². The highest BCUT2D eigenvalue weighted by Gasteiger charge is 2.52. The molecule has 0 spiro atoms. The van der Waals surface area contributed by atoms with Gasteiger partial charge in [-0.15, -0.1) is 0 Å². The number of rotatable bonds is 0. The van der Waals surface area contributed by atoms with E-state index in [1.54, 1.807) is 0 Å². The van der Waals surface area contributed by atoms with Gasteiger partial charge in [0.1, 0.15) is 0 Å². The monoisotopic (exact) mass is 479 g/mol. The minimum atomic E-state index is -6.08. The summed E-state index contributed by atoms with van der Waals surface area (Å²) in [5.41, 5.74) is 4.60. The van der Waals surface area contributed by atoms with Crippen molar-refractivity contribution in [3.8, 4) is 0 Å². The molecule has 1 fully saturated rings. The van der Waals surface area contributed by atoms with Gasteiger partial charge in [-0.1, -0.05) is 0 Å². The van der Waals surface area contributed by atoms with Crippen molar-refractivity contribution >= 4 is 46.9 Å². The first-order valence-electron chi connectivity index (χ1n) is 4.54. The van der Waals surface area contributed by atoms with Gasteiger partial charge < -0.3 is 24.5 Å². The largest absolute Gasteiger partial charge is 0.490 e. The Labute approximate surface area is 131 Å². The van der Waals surface area contributed by atoms with Crippen LogP contribution in [0, 0.1) is 0 Å². The van der Waals surface area contributed by atoms with Gasteiger partial charge in [0, 0.05) is 0 Å². The third-order valence-electron chi connectivity index (χ3n) is 1.26. The Balaban J connectivity index is 3.40. The van der Waals surface area contributed by atoms with Crippen LogP contribution in [0.3, 0.4) is 0 Å². The Bertz CT molecular complexity index is 580. The van der Waals surface area contributed by atoms with Crippen molar-refractivity contribution in [2.75, 3.05) is 0 Å². The van der Waals surface area contributed by atoms with Gasteiger partial charge in [-0.05, 0) is 0 Å². The summed E-state index contributed by atoms with van der Waals surface area (Å²) in [7, 11) is -35.8. The van der Waals surface area contributed by atoms with E-state index in [0.717, 1.165) is 0 Å². The third kappa shape index (κ3) is 8.07. The van der Waals surface area contributed by atoms with Crippen LogP contribution in [-0.4, -0.2) is 24.5 Å². The van der Waals surface area contributed by atoms with Gasteiger partial charge in [0.25, 0.3) is 0 Å². The maximum Gasteiger partial charge on any atom is 0.490 e. The summed E-state index contributed by atoms with van der Waals surface area (Å²) in [5, 5.41) is 0. The van der Waals surface area contributed by atoms with Crippen molar-refractivity contribution in [2.24, 2.45) is 5.50 Å². The van der Waals surface area contributed by atoms with Crippen molar-refractivity contribution < 1.29 is 77.7 Å². The first-order chi connectivity index (χ1) is 10.2. The van der Waals surface area contributed by atoms with E-state index in [0.29, 0.717) is 0 Å².